The zero-order valence-electron chi connectivity index (χ0n) is 7.80. The smallest absolute Gasteiger partial charge is 0.335 e. The van der Waals surface area contributed by atoms with Crippen molar-refractivity contribution in [3.8, 4) is 5.75 Å². The molecule has 0 amide bonds. The van der Waals surface area contributed by atoms with Crippen LogP contribution in [-0.2, 0) is 10.1 Å². The van der Waals surface area contributed by atoms with Gasteiger partial charge < -0.3 is 15.0 Å². The molecule has 0 aliphatic heterocycles. The quantitative estimate of drug-likeness (QED) is 0.572. The zero-order chi connectivity index (χ0) is 11.6. The average molecular weight is 231 g/mol. The van der Waals surface area contributed by atoms with Gasteiger partial charge in [-0.05, 0) is 12.1 Å². The summed E-state index contributed by atoms with van der Waals surface area (Å²) in [5.74, 6) is -1.32. The fourth-order valence-electron chi connectivity index (χ4n) is 0.968. The number of carbonyl (C=O) groups is 1. The molecule has 1 aromatic rings. The average Bonchev–Trinajstić information content (AvgIpc) is 1.99. The van der Waals surface area contributed by atoms with Crippen molar-refractivity contribution in [3.05, 3.63) is 23.8 Å². The second-order valence-electron chi connectivity index (χ2n) is 2.88. The molecule has 1 rings (SSSR count). The number of hydrogen-bond acceptors (Lipinski definition) is 5. The van der Waals surface area contributed by atoms with E-state index in [1.54, 1.807) is 0 Å². The van der Waals surface area contributed by atoms with E-state index in [9.17, 15) is 13.2 Å². The Morgan fingerprint density at radius 2 is 2.00 bits per heavy atom. The van der Waals surface area contributed by atoms with Crippen molar-refractivity contribution < 1.29 is 22.5 Å². The van der Waals surface area contributed by atoms with Crippen LogP contribution in [0, 0.1) is 0 Å². The monoisotopic (exact) mass is 231 g/mol. The van der Waals surface area contributed by atoms with Gasteiger partial charge in [-0.3, -0.25) is 0 Å². The molecule has 7 heteroatoms. The number of anilines is 1. The van der Waals surface area contributed by atoms with Crippen LogP contribution in [0.1, 0.15) is 10.4 Å². The molecule has 0 fully saturated rings. The molecule has 6 nitrogen and oxygen atoms in total. The van der Waals surface area contributed by atoms with Gasteiger partial charge >= 0.3 is 16.1 Å². The maximum Gasteiger partial charge on any atom is 0.335 e. The summed E-state index contributed by atoms with van der Waals surface area (Å²) in [6.07, 6.45) is 0.858. The second kappa shape index (κ2) is 3.77. The zero-order valence-corrected chi connectivity index (χ0v) is 8.61. The van der Waals surface area contributed by atoms with E-state index < -0.39 is 16.1 Å². The first kappa shape index (κ1) is 11.3. The van der Waals surface area contributed by atoms with Crippen LogP contribution in [0.3, 0.4) is 0 Å². The van der Waals surface area contributed by atoms with Crippen molar-refractivity contribution >= 4 is 21.8 Å². The van der Waals surface area contributed by atoms with Gasteiger partial charge in [-0.15, -0.1) is 0 Å². The summed E-state index contributed by atoms with van der Waals surface area (Å²) in [6.45, 7) is 0. The highest BCUT2D eigenvalue weighted by Crippen LogP contribution is 2.20. The van der Waals surface area contributed by atoms with Gasteiger partial charge in [-0.2, -0.15) is 8.42 Å². The van der Waals surface area contributed by atoms with E-state index in [-0.39, 0.29) is 17.0 Å². The van der Waals surface area contributed by atoms with Gasteiger partial charge in [0, 0.05) is 11.8 Å². The summed E-state index contributed by atoms with van der Waals surface area (Å²) in [4.78, 5) is 10.6. The minimum atomic E-state index is -3.68. The van der Waals surface area contributed by atoms with Crippen molar-refractivity contribution in [1.29, 1.82) is 0 Å². The maximum atomic E-state index is 10.8. The number of carboxylic acids is 1. The maximum absolute atomic E-state index is 10.8. The van der Waals surface area contributed by atoms with E-state index >= 15 is 0 Å². The Morgan fingerprint density at radius 3 is 2.47 bits per heavy atom. The predicted molar refractivity (Wildman–Crippen MR) is 53.3 cm³/mol. The van der Waals surface area contributed by atoms with E-state index in [1.165, 1.54) is 12.1 Å². The van der Waals surface area contributed by atoms with Crippen LogP contribution in [0.25, 0.3) is 0 Å². The van der Waals surface area contributed by atoms with E-state index in [0.717, 1.165) is 12.3 Å². The molecule has 0 aliphatic rings. The van der Waals surface area contributed by atoms with Crippen molar-refractivity contribution in [2.45, 2.75) is 0 Å². The van der Waals surface area contributed by atoms with Gasteiger partial charge in [0.15, 0.2) is 0 Å². The van der Waals surface area contributed by atoms with Crippen LogP contribution in [-0.4, -0.2) is 25.7 Å². The molecule has 0 atom stereocenters. The van der Waals surface area contributed by atoms with Crippen LogP contribution in [0.5, 0.6) is 5.75 Å². The second-order valence-corrected chi connectivity index (χ2v) is 4.46. The van der Waals surface area contributed by atoms with Crippen molar-refractivity contribution in [1.82, 2.24) is 0 Å². The number of nitrogen functional groups attached to an aromatic ring is 1. The highest BCUT2D eigenvalue weighted by atomic mass is 32.2. The molecule has 0 heterocycles. The fraction of sp³-hybridized carbons (Fsp3) is 0.125. The first-order valence-electron chi connectivity index (χ1n) is 3.81. The van der Waals surface area contributed by atoms with Gasteiger partial charge in [0.1, 0.15) is 5.75 Å². The first-order chi connectivity index (χ1) is 6.78. The summed E-state index contributed by atoms with van der Waals surface area (Å²) >= 11 is 0. The molecule has 0 saturated heterocycles. The van der Waals surface area contributed by atoms with E-state index in [1.807, 2.05) is 0 Å². The van der Waals surface area contributed by atoms with Gasteiger partial charge in [0.05, 0.1) is 11.8 Å². The van der Waals surface area contributed by atoms with Gasteiger partial charge in [-0.1, -0.05) is 0 Å². The Kier molecular flexibility index (Phi) is 2.85. The molecular weight excluding hydrogens is 222 g/mol. The Hall–Kier alpha value is -1.76. The molecule has 0 bridgehead atoms. The molecule has 0 spiro atoms. The number of nitrogens with two attached hydrogens (primary N) is 1. The van der Waals surface area contributed by atoms with Crippen molar-refractivity contribution in [2.75, 3.05) is 12.0 Å². The fourth-order valence-corrected chi connectivity index (χ4v) is 1.41. The number of aromatic carboxylic acids is 1. The minimum absolute atomic E-state index is 0.116. The highest BCUT2D eigenvalue weighted by molar-refractivity contribution is 7.86. The Balaban J connectivity index is 3.15. The van der Waals surface area contributed by atoms with Crippen LogP contribution >= 0.6 is 0 Å². The Bertz CT molecular complexity index is 494. The molecule has 15 heavy (non-hydrogen) atoms. The lowest BCUT2D eigenvalue weighted by molar-refractivity contribution is 0.0696. The van der Waals surface area contributed by atoms with Crippen molar-refractivity contribution in [3.63, 3.8) is 0 Å². The van der Waals surface area contributed by atoms with Crippen molar-refractivity contribution in [2.24, 2.45) is 0 Å². The van der Waals surface area contributed by atoms with E-state index in [2.05, 4.69) is 4.18 Å². The number of hydrogen-bond donors (Lipinski definition) is 2. The summed E-state index contributed by atoms with van der Waals surface area (Å²) in [5.41, 5.74) is 5.37. The molecule has 82 valence electrons. The molecule has 1 aromatic carbocycles. The highest BCUT2D eigenvalue weighted by Gasteiger charge is 2.10. The topological polar surface area (TPSA) is 107 Å². The molecular formula is C8H9NO5S. The molecule has 3 N–H and O–H groups in total. The standard InChI is InChI=1S/C8H9NO5S/c1-15(12,13)14-7-3-5(8(10)11)2-6(9)4-7/h2-4H,9H2,1H3,(H,10,11). The summed E-state index contributed by atoms with van der Waals surface area (Å²) < 4.78 is 26.1. The first-order valence-corrected chi connectivity index (χ1v) is 5.63. The molecule has 0 aliphatic carbocycles. The molecule has 0 radical (unpaired) electrons. The number of rotatable bonds is 3. The van der Waals surface area contributed by atoms with Crippen LogP contribution in [0.2, 0.25) is 0 Å². The third-order valence-electron chi connectivity index (χ3n) is 1.42. The SMILES string of the molecule is CS(=O)(=O)Oc1cc(N)cc(C(=O)O)c1. The Morgan fingerprint density at radius 1 is 1.40 bits per heavy atom. The lowest BCUT2D eigenvalue weighted by Gasteiger charge is -2.05. The number of benzene rings is 1. The third-order valence-corrected chi connectivity index (χ3v) is 1.92. The van der Waals surface area contributed by atoms with E-state index in [0.29, 0.717) is 0 Å². The summed E-state index contributed by atoms with van der Waals surface area (Å²) in [6, 6.07) is 3.52. The molecule has 0 aromatic heterocycles. The predicted octanol–water partition coefficient (Wildman–Crippen LogP) is 0.305. The Labute approximate surface area is 86.4 Å². The van der Waals surface area contributed by atoms with Gasteiger partial charge in [0.25, 0.3) is 0 Å². The van der Waals surface area contributed by atoms with Crippen LogP contribution in [0.4, 0.5) is 5.69 Å². The van der Waals surface area contributed by atoms with E-state index in [4.69, 9.17) is 10.8 Å². The lowest BCUT2D eigenvalue weighted by Crippen LogP contribution is -2.07. The third kappa shape index (κ3) is 3.47. The van der Waals surface area contributed by atoms with Crippen LogP contribution < -0.4 is 9.92 Å². The summed E-state index contributed by atoms with van der Waals surface area (Å²) in [7, 11) is -3.68. The normalized spacial score (nSPS) is 11.0. The van der Waals surface area contributed by atoms with Gasteiger partial charge in [-0.25, -0.2) is 4.79 Å². The molecule has 0 saturated carbocycles. The van der Waals surface area contributed by atoms with Crippen LogP contribution in [0.15, 0.2) is 18.2 Å². The summed E-state index contributed by atoms with van der Waals surface area (Å²) in [5, 5.41) is 8.67. The minimum Gasteiger partial charge on any atom is -0.478 e. The van der Waals surface area contributed by atoms with Gasteiger partial charge in [0.2, 0.25) is 0 Å². The molecule has 0 unspecified atom stereocenters. The largest absolute Gasteiger partial charge is 0.478 e. The lowest BCUT2D eigenvalue weighted by atomic mass is 10.2. The number of carboxylic acid groups (broad SMARTS) is 1.